The number of amides is 1. The van der Waals surface area contributed by atoms with Crippen LogP contribution in [0.2, 0.25) is 10.0 Å². The molecule has 0 aliphatic carbocycles. The lowest BCUT2D eigenvalue weighted by molar-refractivity contribution is -0.133. The molecule has 0 spiro atoms. The van der Waals surface area contributed by atoms with Crippen LogP contribution in [0.25, 0.3) is 0 Å². The highest BCUT2D eigenvalue weighted by Crippen LogP contribution is 2.29. The number of ether oxygens (including phenoxy) is 1. The molecule has 0 radical (unpaired) electrons. The minimum absolute atomic E-state index is 0.00273. The van der Waals surface area contributed by atoms with Crippen molar-refractivity contribution in [3.63, 3.8) is 0 Å². The predicted molar refractivity (Wildman–Crippen MR) is 134 cm³/mol. The van der Waals surface area contributed by atoms with E-state index < -0.39 is 28.3 Å². The summed E-state index contributed by atoms with van der Waals surface area (Å²) < 4.78 is 52.9. The summed E-state index contributed by atoms with van der Waals surface area (Å²) in [7, 11) is -4.19. The molecule has 1 fully saturated rings. The van der Waals surface area contributed by atoms with Gasteiger partial charge >= 0.3 is 0 Å². The van der Waals surface area contributed by atoms with E-state index >= 15 is 0 Å². The maximum absolute atomic E-state index is 13.7. The van der Waals surface area contributed by atoms with Gasteiger partial charge < -0.3 is 14.1 Å². The minimum atomic E-state index is -4.19. The number of sulfonamides is 1. The fourth-order valence-corrected chi connectivity index (χ4v) is 6.12. The van der Waals surface area contributed by atoms with Crippen molar-refractivity contribution >= 4 is 39.1 Å². The van der Waals surface area contributed by atoms with Gasteiger partial charge in [0.1, 0.15) is 16.5 Å². The highest BCUT2D eigenvalue weighted by atomic mass is 35.5. The van der Waals surface area contributed by atoms with Gasteiger partial charge in [0, 0.05) is 24.7 Å². The maximum Gasteiger partial charge on any atom is 0.245 e. The van der Waals surface area contributed by atoms with Gasteiger partial charge in [-0.25, -0.2) is 12.8 Å². The smallest absolute Gasteiger partial charge is 0.245 e. The second-order valence-electron chi connectivity index (χ2n) is 8.46. The summed E-state index contributed by atoms with van der Waals surface area (Å²) in [6.45, 7) is 0.301. The van der Waals surface area contributed by atoms with Crippen LogP contribution in [0.5, 0.6) is 0 Å². The molecule has 7 nitrogen and oxygen atoms in total. The first-order chi connectivity index (χ1) is 17.2. The second-order valence-corrected chi connectivity index (χ2v) is 11.2. The van der Waals surface area contributed by atoms with Crippen molar-refractivity contribution in [2.45, 2.75) is 36.9 Å². The Morgan fingerprint density at radius 1 is 1.08 bits per heavy atom. The third-order valence-electron chi connectivity index (χ3n) is 5.82. The van der Waals surface area contributed by atoms with Gasteiger partial charge in [0.05, 0.1) is 30.5 Å². The topological polar surface area (TPSA) is 80.1 Å². The Bertz CT molecular complexity index is 1280. The molecule has 0 saturated carbocycles. The molecule has 192 valence electrons. The number of carbonyl (C=O) groups excluding carboxylic acids is 1. The number of furan rings is 1. The van der Waals surface area contributed by atoms with E-state index in [1.54, 1.807) is 24.3 Å². The molecule has 1 aliphatic heterocycles. The van der Waals surface area contributed by atoms with Crippen LogP contribution in [-0.2, 0) is 32.6 Å². The Morgan fingerprint density at radius 3 is 2.53 bits per heavy atom. The van der Waals surface area contributed by atoms with Gasteiger partial charge in [-0.2, -0.15) is 4.31 Å². The molecule has 3 aromatic rings. The molecule has 1 saturated heterocycles. The average molecular weight is 555 g/mol. The zero-order valence-corrected chi connectivity index (χ0v) is 21.6. The van der Waals surface area contributed by atoms with E-state index in [1.165, 1.54) is 41.5 Å². The highest BCUT2D eigenvalue weighted by molar-refractivity contribution is 7.89. The van der Waals surface area contributed by atoms with Crippen LogP contribution in [0.1, 0.15) is 24.2 Å². The van der Waals surface area contributed by atoms with E-state index in [9.17, 15) is 17.6 Å². The monoisotopic (exact) mass is 554 g/mol. The fourth-order valence-electron chi connectivity index (χ4n) is 3.96. The van der Waals surface area contributed by atoms with Crippen LogP contribution >= 0.6 is 23.2 Å². The first kappa shape index (κ1) is 26.6. The van der Waals surface area contributed by atoms with Crippen LogP contribution in [0.4, 0.5) is 4.39 Å². The van der Waals surface area contributed by atoms with Gasteiger partial charge in [0.25, 0.3) is 0 Å². The van der Waals surface area contributed by atoms with E-state index in [2.05, 4.69) is 0 Å². The first-order valence-corrected chi connectivity index (χ1v) is 13.5. The Hall–Kier alpha value is -2.43. The van der Waals surface area contributed by atoms with Crippen LogP contribution in [-0.4, -0.2) is 49.3 Å². The lowest BCUT2D eigenvalue weighted by Gasteiger charge is -2.28. The number of carbonyl (C=O) groups is 1. The Balaban J connectivity index is 1.62. The summed E-state index contributed by atoms with van der Waals surface area (Å²) in [5.41, 5.74) is 0.683. The lowest BCUT2D eigenvalue weighted by Crippen LogP contribution is -2.45. The molecule has 1 amide bonds. The molecule has 0 N–H and O–H groups in total. The molecule has 1 aromatic heterocycles. The Kier molecular flexibility index (Phi) is 8.69. The molecular weight excluding hydrogens is 530 g/mol. The molecule has 36 heavy (non-hydrogen) atoms. The summed E-state index contributed by atoms with van der Waals surface area (Å²) in [5.74, 6) is -0.331. The summed E-state index contributed by atoms with van der Waals surface area (Å²) in [4.78, 5) is 14.8. The quantitative estimate of drug-likeness (QED) is 0.347. The normalized spacial score (nSPS) is 15.9. The van der Waals surface area contributed by atoms with Gasteiger partial charge in [0.2, 0.25) is 15.9 Å². The van der Waals surface area contributed by atoms with Gasteiger partial charge in [-0.3, -0.25) is 4.79 Å². The molecule has 0 unspecified atom stereocenters. The zero-order chi connectivity index (χ0) is 25.7. The predicted octanol–water partition coefficient (Wildman–Crippen LogP) is 5.12. The van der Waals surface area contributed by atoms with Crippen molar-refractivity contribution in [1.29, 1.82) is 0 Å². The standard InChI is InChI=1S/C25H25Cl2FN2O5S/c26-19-7-10-23(27)24(13-19)36(32,33)30(16-22-4-2-12-35-22)17-25(31)29(15-21-3-1-11-34-21)14-18-5-8-20(28)9-6-18/h1,3,5-11,13,22H,2,4,12,14-17H2/t22-/m0/s1. The molecule has 1 aliphatic rings. The van der Waals surface area contributed by atoms with Crippen molar-refractivity contribution in [3.05, 3.63) is 88.0 Å². The second kappa shape index (κ2) is 11.7. The summed E-state index contributed by atoms with van der Waals surface area (Å²) in [6, 6.07) is 13.3. The average Bonchev–Trinajstić information content (AvgIpc) is 3.55. The van der Waals surface area contributed by atoms with Crippen molar-refractivity contribution < 1.29 is 26.8 Å². The number of hydrogen-bond acceptors (Lipinski definition) is 5. The van der Waals surface area contributed by atoms with Crippen LogP contribution in [0, 0.1) is 5.82 Å². The molecule has 4 rings (SSSR count). The zero-order valence-electron chi connectivity index (χ0n) is 19.3. The van der Waals surface area contributed by atoms with E-state index in [0.29, 0.717) is 24.4 Å². The Labute approximate surface area is 219 Å². The lowest BCUT2D eigenvalue weighted by atomic mass is 10.2. The van der Waals surface area contributed by atoms with Crippen molar-refractivity contribution in [2.75, 3.05) is 19.7 Å². The summed E-state index contributed by atoms with van der Waals surface area (Å²) >= 11 is 12.3. The van der Waals surface area contributed by atoms with Crippen LogP contribution < -0.4 is 0 Å². The molecule has 11 heteroatoms. The van der Waals surface area contributed by atoms with Gasteiger partial charge in [-0.05, 0) is 60.9 Å². The van der Waals surface area contributed by atoms with E-state index in [4.69, 9.17) is 32.4 Å². The minimum Gasteiger partial charge on any atom is -0.467 e. The van der Waals surface area contributed by atoms with E-state index in [1.807, 2.05) is 0 Å². The largest absolute Gasteiger partial charge is 0.467 e. The highest BCUT2D eigenvalue weighted by Gasteiger charge is 2.33. The number of benzene rings is 2. The van der Waals surface area contributed by atoms with Gasteiger partial charge in [0.15, 0.2) is 0 Å². The molecule has 2 heterocycles. The third-order valence-corrected chi connectivity index (χ3v) is 8.35. The number of hydrogen-bond donors (Lipinski definition) is 0. The van der Waals surface area contributed by atoms with Crippen molar-refractivity contribution in [3.8, 4) is 0 Å². The van der Waals surface area contributed by atoms with E-state index in [0.717, 1.165) is 10.7 Å². The van der Waals surface area contributed by atoms with Crippen LogP contribution in [0.15, 0.2) is 70.2 Å². The first-order valence-electron chi connectivity index (χ1n) is 11.3. The Morgan fingerprint density at radius 2 is 1.86 bits per heavy atom. The summed E-state index contributed by atoms with van der Waals surface area (Å²) in [5, 5.41) is 0.208. The number of nitrogens with zero attached hydrogens (tertiary/aromatic N) is 2. The van der Waals surface area contributed by atoms with Crippen molar-refractivity contribution in [2.24, 2.45) is 0 Å². The summed E-state index contributed by atoms with van der Waals surface area (Å²) in [6.07, 6.45) is 2.63. The number of rotatable bonds is 10. The molecule has 1 atom stereocenters. The van der Waals surface area contributed by atoms with E-state index in [-0.39, 0.29) is 40.7 Å². The fraction of sp³-hybridized carbons (Fsp3) is 0.320. The molecule has 0 bridgehead atoms. The van der Waals surface area contributed by atoms with Crippen molar-refractivity contribution in [1.82, 2.24) is 9.21 Å². The maximum atomic E-state index is 13.7. The van der Waals surface area contributed by atoms with Crippen LogP contribution in [0.3, 0.4) is 0 Å². The molecule has 2 aromatic carbocycles. The van der Waals surface area contributed by atoms with Gasteiger partial charge in [-0.15, -0.1) is 0 Å². The third kappa shape index (κ3) is 6.66. The SMILES string of the molecule is O=C(CN(C[C@@H]1CCCO1)S(=O)(=O)c1cc(Cl)ccc1Cl)N(Cc1ccc(F)cc1)Cc1ccco1. The van der Waals surface area contributed by atoms with Gasteiger partial charge in [-0.1, -0.05) is 35.3 Å². The number of halogens is 3. The molecular formula is C25H25Cl2FN2O5S.